The van der Waals surface area contributed by atoms with Crippen LogP contribution in [0.2, 0.25) is 0 Å². The zero-order valence-electron chi connectivity index (χ0n) is 16.6. The first kappa shape index (κ1) is 23.8. The van der Waals surface area contributed by atoms with Gasteiger partial charge in [-0.2, -0.15) is 13.2 Å². The Labute approximate surface area is 180 Å². The van der Waals surface area contributed by atoms with Crippen molar-refractivity contribution in [3.05, 3.63) is 35.9 Å². The fourth-order valence-electron chi connectivity index (χ4n) is 3.35. The first-order valence-electron chi connectivity index (χ1n) is 9.46. The van der Waals surface area contributed by atoms with E-state index in [-0.39, 0.29) is 18.3 Å². The van der Waals surface area contributed by atoms with Crippen molar-refractivity contribution in [2.75, 3.05) is 6.54 Å². The third-order valence-electron chi connectivity index (χ3n) is 5.17. The van der Waals surface area contributed by atoms with Crippen molar-refractivity contribution < 1.29 is 42.0 Å². The first-order valence-corrected chi connectivity index (χ1v) is 10.3. The molecule has 6 atom stereocenters. The van der Waals surface area contributed by atoms with Gasteiger partial charge < -0.3 is 19.7 Å². The number of aliphatic hydroxyl groups is 1. The van der Waals surface area contributed by atoms with E-state index in [0.717, 1.165) is 4.90 Å². The van der Waals surface area contributed by atoms with Gasteiger partial charge in [-0.1, -0.05) is 42.1 Å². The van der Waals surface area contributed by atoms with Gasteiger partial charge in [0.1, 0.15) is 23.7 Å². The SMILES string of the molecule is CCN(C(=O)O)C1=N[C@@H]2[C@@H](F)[C@H](OCc3ccccc3)[C@@H]([C@](C)(O)C(F)(F)F)O[C@@H]2S1. The van der Waals surface area contributed by atoms with Gasteiger partial charge in [-0.25, -0.2) is 9.18 Å². The minimum atomic E-state index is -5.12. The summed E-state index contributed by atoms with van der Waals surface area (Å²) in [5, 5.41) is 19.4. The van der Waals surface area contributed by atoms with Crippen molar-refractivity contribution in [1.29, 1.82) is 0 Å². The molecule has 3 rings (SSSR count). The molecule has 12 heteroatoms. The molecule has 172 valence electrons. The number of ether oxygens (including phenoxy) is 2. The molecule has 0 radical (unpaired) electrons. The molecule has 2 heterocycles. The quantitative estimate of drug-likeness (QED) is 0.647. The van der Waals surface area contributed by atoms with Crippen LogP contribution in [0, 0.1) is 0 Å². The van der Waals surface area contributed by atoms with E-state index in [2.05, 4.69) is 4.99 Å². The molecule has 31 heavy (non-hydrogen) atoms. The third kappa shape index (κ3) is 4.66. The minimum absolute atomic E-state index is 0.00912. The Kier molecular flexibility index (Phi) is 6.84. The topological polar surface area (TPSA) is 91.6 Å². The predicted molar refractivity (Wildman–Crippen MR) is 104 cm³/mol. The Morgan fingerprint density at radius 3 is 2.52 bits per heavy atom. The molecule has 0 unspecified atom stereocenters. The fourth-order valence-corrected chi connectivity index (χ4v) is 4.60. The van der Waals surface area contributed by atoms with Gasteiger partial charge >= 0.3 is 12.3 Å². The second kappa shape index (κ2) is 8.93. The van der Waals surface area contributed by atoms with Crippen LogP contribution in [0.5, 0.6) is 0 Å². The second-order valence-electron chi connectivity index (χ2n) is 7.32. The number of aliphatic imine (C=N–C) groups is 1. The maximum atomic E-state index is 15.4. The molecule has 0 saturated carbocycles. The third-order valence-corrected chi connectivity index (χ3v) is 6.33. The predicted octanol–water partition coefficient (Wildman–Crippen LogP) is 3.42. The van der Waals surface area contributed by atoms with E-state index < -0.39 is 47.7 Å². The number of rotatable bonds is 5. The van der Waals surface area contributed by atoms with Crippen LogP contribution in [0.25, 0.3) is 0 Å². The molecule has 0 spiro atoms. The Bertz CT molecular complexity index is 823. The number of amides is 1. The van der Waals surface area contributed by atoms with Crippen LogP contribution >= 0.6 is 11.8 Å². The Balaban J connectivity index is 1.90. The van der Waals surface area contributed by atoms with Gasteiger partial charge in [0, 0.05) is 6.54 Å². The van der Waals surface area contributed by atoms with Gasteiger partial charge in [0.2, 0.25) is 0 Å². The summed E-state index contributed by atoms with van der Waals surface area (Å²) in [7, 11) is 0. The maximum absolute atomic E-state index is 15.4. The number of carbonyl (C=O) groups is 1. The molecule has 0 aliphatic carbocycles. The van der Waals surface area contributed by atoms with Gasteiger partial charge in [-0.3, -0.25) is 9.89 Å². The summed E-state index contributed by atoms with van der Waals surface area (Å²) in [5.74, 6) is 0. The number of halogens is 4. The number of nitrogens with zero attached hydrogens (tertiary/aromatic N) is 2. The number of hydrogen-bond donors (Lipinski definition) is 2. The van der Waals surface area contributed by atoms with Gasteiger partial charge in [0.25, 0.3) is 0 Å². The number of fused-ring (bicyclic) bond motifs is 1. The van der Waals surface area contributed by atoms with Gasteiger partial charge in [-0.05, 0) is 19.4 Å². The normalized spacial score (nSPS) is 30.3. The van der Waals surface area contributed by atoms with Crippen molar-refractivity contribution in [2.45, 2.75) is 62.1 Å². The lowest BCUT2D eigenvalue weighted by Crippen LogP contribution is -2.65. The maximum Gasteiger partial charge on any atom is 0.419 e. The molecule has 2 N–H and O–H groups in total. The van der Waals surface area contributed by atoms with Crippen molar-refractivity contribution in [1.82, 2.24) is 4.90 Å². The highest BCUT2D eigenvalue weighted by molar-refractivity contribution is 8.14. The van der Waals surface area contributed by atoms with Crippen LogP contribution in [0.15, 0.2) is 35.3 Å². The largest absolute Gasteiger partial charge is 0.465 e. The average Bonchev–Trinajstić information content (AvgIpc) is 3.11. The highest BCUT2D eigenvalue weighted by Crippen LogP contribution is 2.45. The minimum Gasteiger partial charge on any atom is -0.465 e. The summed E-state index contributed by atoms with van der Waals surface area (Å²) in [5.41, 5.74) is -4.06. The summed E-state index contributed by atoms with van der Waals surface area (Å²) in [4.78, 5) is 16.3. The Hall–Kier alpha value is -1.89. The standard InChI is InChI=1S/C19H22F4N2O5S/c1-3-25(17(26)27)16-24-12-11(20)13(29-9-10-7-5-4-6-8-10)14(30-15(12)31-16)18(2,28)19(21,22)23/h4-8,11-15,28H,3,9H2,1-2H3,(H,26,27)/t11-,12-,13+,14+,15-,18+/m1/s1. The number of hydrogen-bond acceptors (Lipinski definition) is 6. The molecule has 1 saturated heterocycles. The van der Waals surface area contributed by atoms with Crippen LogP contribution in [-0.2, 0) is 16.1 Å². The van der Waals surface area contributed by atoms with E-state index in [0.29, 0.717) is 24.2 Å². The summed E-state index contributed by atoms with van der Waals surface area (Å²) in [6.45, 7) is 1.84. The van der Waals surface area contributed by atoms with Crippen LogP contribution in [0.3, 0.4) is 0 Å². The van der Waals surface area contributed by atoms with E-state index in [1.165, 1.54) is 6.92 Å². The zero-order chi connectivity index (χ0) is 23.0. The highest BCUT2D eigenvalue weighted by Gasteiger charge is 2.64. The summed E-state index contributed by atoms with van der Waals surface area (Å²) in [6.07, 6.45) is -12.4. The second-order valence-corrected chi connectivity index (χ2v) is 8.39. The van der Waals surface area contributed by atoms with Crippen LogP contribution in [-0.4, -0.2) is 74.6 Å². The summed E-state index contributed by atoms with van der Waals surface area (Å²) in [6, 6.07) is 7.15. The molecule has 1 aromatic rings. The Morgan fingerprint density at radius 1 is 1.32 bits per heavy atom. The molecular formula is C19H22F4N2O5S. The van der Waals surface area contributed by atoms with Gasteiger partial charge in [0.15, 0.2) is 16.9 Å². The molecule has 0 bridgehead atoms. The summed E-state index contributed by atoms with van der Waals surface area (Å²) < 4.78 is 67.1. The van der Waals surface area contributed by atoms with Gasteiger partial charge in [0.05, 0.1) is 6.61 Å². The van der Waals surface area contributed by atoms with Crippen LogP contribution in [0.1, 0.15) is 19.4 Å². The number of amidine groups is 1. The smallest absolute Gasteiger partial charge is 0.419 e. The summed E-state index contributed by atoms with van der Waals surface area (Å²) >= 11 is 0.705. The van der Waals surface area contributed by atoms with E-state index >= 15 is 4.39 Å². The van der Waals surface area contributed by atoms with E-state index in [4.69, 9.17) is 9.47 Å². The van der Waals surface area contributed by atoms with Crippen molar-refractivity contribution in [3.8, 4) is 0 Å². The molecule has 2 aliphatic heterocycles. The molecular weight excluding hydrogens is 444 g/mol. The molecule has 2 aliphatic rings. The first-order chi connectivity index (χ1) is 14.5. The highest BCUT2D eigenvalue weighted by atomic mass is 32.2. The van der Waals surface area contributed by atoms with Crippen molar-refractivity contribution >= 4 is 23.0 Å². The van der Waals surface area contributed by atoms with Crippen LogP contribution in [0.4, 0.5) is 22.4 Å². The van der Waals surface area contributed by atoms with E-state index in [9.17, 15) is 28.2 Å². The van der Waals surface area contributed by atoms with E-state index in [1.807, 2.05) is 0 Å². The average molecular weight is 466 g/mol. The molecule has 1 amide bonds. The van der Waals surface area contributed by atoms with Crippen LogP contribution < -0.4 is 0 Å². The van der Waals surface area contributed by atoms with Gasteiger partial charge in [-0.15, -0.1) is 0 Å². The van der Waals surface area contributed by atoms with Crippen molar-refractivity contribution in [3.63, 3.8) is 0 Å². The molecule has 7 nitrogen and oxygen atoms in total. The van der Waals surface area contributed by atoms with Crippen molar-refractivity contribution in [2.24, 2.45) is 4.99 Å². The molecule has 0 aromatic heterocycles. The number of thioether (sulfide) groups is 1. The lowest BCUT2D eigenvalue weighted by molar-refractivity contribution is -0.319. The Morgan fingerprint density at radius 2 is 1.97 bits per heavy atom. The number of carboxylic acid groups (broad SMARTS) is 1. The zero-order valence-corrected chi connectivity index (χ0v) is 17.4. The number of alkyl halides is 4. The monoisotopic (exact) mass is 466 g/mol. The molecule has 1 fully saturated rings. The molecule has 1 aromatic carbocycles. The fraction of sp³-hybridized carbons (Fsp3) is 0.579. The lowest BCUT2D eigenvalue weighted by atomic mass is 9.87. The van der Waals surface area contributed by atoms with E-state index in [1.54, 1.807) is 30.3 Å². The lowest BCUT2D eigenvalue weighted by Gasteiger charge is -2.45. The number of benzene rings is 1.